The number of aromatic nitrogens is 3. The van der Waals surface area contributed by atoms with Gasteiger partial charge < -0.3 is 0 Å². The molecule has 3 nitrogen and oxygen atoms in total. The molecule has 0 aliphatic heterocycles. The topological polar surface area (TPSA) is 38.7 Å². The third-order valence-corrected chi connectivity index (χ3v) is 2.35. The molecule has 1 aromatic heterocycles. The van der Waals surface area contributed by atoms with Gasteiger partial charge in [-0.3, -0.25) is 0 Å². The van der Waals surface area contributed by atoms with Crippen molar-refractivity contribution in [2.24, 2.45) is 0 Å². The van der Waals surface area contributed by atoms with Gasteiger partial charge in [-0.1, -0.05) is 0 Å². The Morgan fingerprint density at radius 2 is 2.07 bits per heavy atom. The molecule has 0 aliphatic rings. The lowest BCUT2D eigenvalue weighted by atomic mass is 10.1. The highest BCUT2D eigenvalue weighted by Gasteiger charge is 2.06. The smallest absolute Gasteiger partial charge is 0.200 e. The minimum atomic E-state index is -0.260. The Bertz CT molecular complexity index is 502. The van der Waals surface area contributed by atoms with Crippen molar-refractivity contribution in [3.63, 3.8) is 0 Å². The van der Waals surface area contributed by atoms with Crippen molar-refractivity contribution in [2.75, 3.05) is 0 Å². The molecule has 0 spiro atoms. The Hall–Kier alpha value is -1.36. The second-order valence-electron chi connectivity index (χ2n) is 3.04. The number of halogens is 2. The number of nitrogens with zero attached hydrogens (tertiary/aromatic N) is 3. The van der Waals surface area contributed by atoms with Crippen LogP contribution in [0.2, 0.25) is 0 Å². The van der Waals surface area contributed by atoms with Crippen molar-refractivity contribution in [2.45, 2.75) is 6.92 Å². The molecule has 1 aromatic carbocycles. The van der Waals surface area contributed by atoms with E-state index in [1.54, 1.807) is 6.07 Å². The minimum absolute atomic E-state index is 0.260. The first-order valence-electron chi connectivity index (χ1n) is 4.28. The number of benzene rings is 1. The van der Waals surface area contributed by atoms with Gasteiger partial charge in [0.15, 0.2) is 10.6 Å². The first kappa shape index (κ1) is 10.2. The van der Waals surface area contributed by atoms with Crippen molar-refractivity contribution >= 4 is 15.9 Å². The molecule has 0 atom stereocenters. The number of hydrogen-bond donors (Lipinski definition) is 0. The van der Waals surface area contributed by atoms with E-state index in [4.69, 9.17) is 0 Å². The predicted octanol–water partition coefficient (Wildman–Crippen LogP) is 2.75. The SMILES string of the molecule is Cc1cc(F)ccc1-c1ncnc(Br)n1. The van der Waals surface area contributed by atoms with Crippen LogP contribution >= 0.6 is 15.9 Å². The van der Waals surface area contributed by atoms with E-state index in [2.05, 4.69) is 30.9 Å². The van der Waals surface area contributed by atoms with Crippen LogP contribution in [0.15, 0.2) is 29.3 Å². The van der Waals surface area contributed by atoms with E-state index in [0.29, 0.717) is 10.6 Å². The van der Waals surface area contributed by atoms with Gasteiger partial charge >= 0.3 is 0 Å². The molecule has 0 saturated carbocycles. The molecule has 0 radical (unpaired) electrons. The largest absolute Gasteiger partial charge is 0.216 e. The fourth-order valence-electron chi connectivity index (χ4n) is 1.28. The van der Waals surface area contributed by atoms with Crippen LogP contribution in [0.1, 0.15) is 5.56 Å². The summed E-state index contributed by atoms with van der Waals surface area (Å²) < 4.78 is 13.3. The van der Waals surface area contributed by atoms with Crippen molar-refractivity contribution < 1.29 is 4.39 Å². The van der Waals surface area contributed by atoms with Gasteiger partial charge in [-0.2, -0.15) is 0 Å². The number of rotatable bonds is 1. The van der Waals surface area contributed by atoms with Crippen molar-refractivity contribution in [3.8, 4) is 11.4 Å². The fraction of sp³-hybridized carbons (Fsp3) is 0.100. The monoisotopic (exact) mass is 267 g/mol. The van der Waals surface area contributed by atoms with E-state index < -0.39 is 0 Å². The average molecular weight is 268 g/mol. The summed E-state index contributed by atoms with van der Waals surface area (Å²) >= 11 is 3.16. The van der Waals surface area contributed by atoms with Crippen LogP contribution in [0.25, 0.3) is 11.4 Å². The molecule has 15 heavy (non-hydrogen) atoms. The summed E-state index contributed by atoms with van der Waals surface area (Å²) in [6.07, 6.45) is 1.41. The van der Waals surface area contributed by atoms with E-state index >= 15 is 0 Å². The zero-order valence-electron chi connectivity index (χ0n) is 7.91. The fourth-order valence-corrected chi connectivity index (χ4v) is 1.54. The van der Waals surface area contributed by atoms with E-state index in [9.17, 15) is 4.39 Å². The van der Waals surface area contributed by atoms with Gasteiger partial charge in [0.05, 0.1) is 0 Å². The molecular weight excluding hydrogens is 261 g/mol. The lowest BCUT2D eigenvalue weighted by Gasteiger charge is -2.03. The maximum atomic E-state index is 12.9. The summed E-state index contributed by atoms with van der Waals surface area (Å²) in [6.45, 7) is 1.82. The van der Waals surface area contributed by atoms with Crippen LogP contribution in [0, 0.1) is 12.7 Å². The molecule has 5 heteroatoms. The minimum Gasteiger partial charge on any atom is -0.216 e. The second kappa shape index (κ2) is 4.02. The molecule has 2 aromatic rings. The molecule has 0 N–H and O–H groups in total. The third-order valence-electron chi connectivity index (χ3n) is 1.97. The highest BCUT2D eigenvalue weighted by atomic mass is 79.9. The molecule has 0 unspecified atom stereocenters. The molecule has 1 heterocycles. The highest BCUT2D eigenvalue weighted by molar-refractivity contribution is 9.10. The van der Waals surface area contributed by atoms with Crippen molar-refractivity contribution in [1.82, 2.24) is 15.0 Å². The lowest BCUT2D eigenvalue weighted by molar-refractivity contribution is 0.627. The van der Waals surface area contributed by atoms with Crippen LogP contribution < -0.4 is 0 Å². The summed E-state index contributed by atoms with van der Waals surface area (Å²) in [6, 6.07) is 4.50. The highest BCUT2D eigenvalue weighted by Crippen LogP contribution is 2.20. The van der Waals surface area contributed by atoms with Crippen LogP contribution in [0.4, 0.5) is 4.39 Å². The maximum Gasteiger partial charge on any atom is 0.200 e. The van der Waals surface area contributed by atoms with Crippen LogP contribution in [-0.4, -0.2) is 15.0 Å². The molecule has 0 fully saturated rings. The van der Waals surface area contributed by atoms with Gasteiger partial charge in [0.1, 0.15) is 12.1 Å². The molecule has 2 rings (SSSR count). The predicted molar refractivity (Wildman–Crippen MR) is 57.7 cm³/mol. The first-order valence-corrected chi connectivity index (χ1v) is 5.07. The van der Waals surface area contributed by atoms with Gasteiger partial charge in [-0.05, 0) is 46.6 Å². The average Bonchev–Trinajstić information content (AvgIpc) is 2.17. The molecule has 76 valence electrons. The summed E-state index contributed by atoms with van der Waals surface area (Å²) in [7, 11) is 0. The number of hydrogen-bond acceptors (Lipinski definition) is 3. The van der Waals surface area contributed by atoms with Crippen LogP contribution in [-0.2, 0) is 0 Å². The van der Waals surface area contributed by atoms with E-state index in [-0.39, 0.29) is 5.82 Å². The molecule has 0 aliphatic carbocycles. The Labute approximate surface area is 94.5 Å². The van der Waals surface area contributed by atoms with Crippen LogP contribution in [0.5, 0.6) is 0 Å². The van der Waals surface area contributed by atoms with Gasteiger partial charge in [0.2, 0.25) is 0 Å². The second-order valence-corrected chi connectivity index (χ2v) is 3.75. The normalized spacial score (nSPS) is 10.3. The maximum absolute atomic E-state index is 12.9. The molecule has 0 saturated heterocycles. The Morgan fingerprint density at radius 3 is 2.73 bits per heavy atom. The van der Waals surface area contributed by atoms with Crippen molar-refractivity contribution in [1.29, 1.82) is 0 Å². The van der Waals surface area contributed by atoms with E-state index in [1.807, 2.05) is 6.92 Å². The summed E-state index contributed by atoms with van der Waals surface area (Å²) in [5, 5.41) is 0. The Morgan fingerprint density at radius 1 is 1.27 bits per heavy atom. The quantitative estimate of drug-likeness (QED) is 0.798. The molecular formula is C10H7BrFN3. The standard InChI is InChI=1S/C10H7BrFN3/c1-6-4-7(12)2-3-8(6)9-13-5-14-10(11)15-9/h2-5H,1H3. The van der Waals surface area contributed by atoms with Gasteiger partial charge in [0, 0.05) is 5.56 Å². The number of aryl methyl sites for hydroxylation is 1. The zero-order valence-corrected chi connectivity index (χ0v) is 9.49. The third kappa shape index (κ3) is 2.18. The molecule has 0 bridgehead atoms. The Kier molecular flexibility index (Phi) is 2.73. The molecule has 0 amide bonds. The summed E-state index contributed by atoms with van der Waals surface area (Å²) in [5.41, 5.74) is 1.60. The van der Waals surface area contributed by atoms with Gasteiger partial charge in [-0.15, -0.1) is 0 Å². The summed E-state index contributed by atoms with van der Waals surface area (Å²) in [5.74, 6) is 0.277. The zero-order chi connectivity index (χ0) is 10.8. The first-order chi connectivity index (χ1) is 7.16. The van der Waals surface area contributed by atoms with Crippen LogP contribution in [0.3, 0.4) is 0 Å². The Balaban J connectivity index is 2.54. The summed E-state index contributed by atoms with van der Waals surface area (Å²) in [4.78, 5) is 12.0. The van der Waals surface area contributed by atoms with Crippen molar-refractivity contribution in [3.05, 3.63) is 40.6 Å². The van der Waals surface area contributed by atoms with Gasteiger partial charge in [-0.25, -0.2) is 19.3 Å². The lowest BCUT2D eigenvalue weighted by Crippen LogP contribution is -1.94. The van der Waals surface area contributed by atoms with Gasteiger partial charge in [0.25, 0.3) is 0 Å². The van der Waals surface area contributed by atoms with E-state index in [1.165, 1.54) is 18.5 Å². The van der Waals surface area contributed by atoms with E-state index in [0.717, 1.165) is 11.1 Å².